The van der Waals surface area contributed by atoms with E-state index < -0.39 is 0 Å². The lowest BCUT2D eigenvalue weighted by atomic mass is 10.0. The molecule has 84 valence electrons. The SMILES string of the molecule is CC(N)C1CCN(c2ccc(C#N)nc2)C1. The van der Waals surface area contributed by atoms with Crippen molar-refractivity contribution in [1.29, 1.82) is 5.26 Å². The topological polar surface area (TPSA) is 65.9 Å². The molecule has 1 aromatic heterocycles. The predicted molar refractivity (Wildman–Crippen MR) is 62.9 cm³/mol. The van der Waals surface area contributed by atoms with E-state index in [1.807, 2.05) is 12.1 Å². The van der Waals surface area contributed by atoms with Crippen molar-refractivity contribution in [3.63, 3.8) is 0 Å². The number of anilines is 1. The maximum Gasteiger partial charge on any atom is 0.140 e. The minimum atomic E-state index is 0.247. The van der Waals surface area contributed by atoms with E-state index in [-0.39, 0.29) is 6.04 Å². The molecule has 1 saturated heterocycles. The molecular weight excluding hydrogens is 200 g/mol. The van der Waals surface area contributed by atoms with Crippen LogP contribution in [0.2, 0.25) is 0 Å². The van der Waals surface area contributed by atoms with Crippen molar-refractivity contribution >= 4 is 5.69 Å². The van der Waals surface area contributed by atoms with E-state index in [9.17, 15) is 0 Å². The van der Waals surface area contributed by atoms with Crippen molar-refractivity contribution in [2.24, 2.45) is 11.7 Å². The molecule has 0 radical (unpaired) electrons. The Kier molecular flexibility index (Phi) is 3.07. The highest BCUT2D eigenvalue weighted by molar-refractivity contribution is 5.46. The van der Waals surface area contributed by atoms with E-state index in [1.54, 1.807) is 12.3 Å². The lowest BCUT2D eigenvalue weighted by molar-refractivity contribution is 0.488. The Hall–Kier alpha value is -1.60. The maximum atomic E-state index is 8.67. The summed E-state index contributed by atoms with van der Waals surface area (Å²) >= 11 is 0. The Balaban J connectivity index is 2.06. The van der Waals surface area contributed by atoms with Gasteiger partial charge in [-0.3, -0.25) is 0 Å². The molecule has 0 spiro atoms. The Morgan fingerprint density at radius 2 is 2.44 bits per heavy atom. The first kappa shape index (κ1) is 10.9. The minimum Gasteiger partial charge on any atom is -0.370 e. The molecule has 4 heteroatoms. The van der Waals surface area contributed by atoms with Gasteiger partial charge in [0, 0.05) is 19.1 Å². The number of pyridine rings is 1. The van der Waals surface area contributed by atoms with Gasteiger partial charge >= 0.3 is 0 Å². The van der Waals surface area contributed by atoms with Crippen LogP contribution in [0.15, 0.2) is 18.3 Å². The van der Waals surface area contributed by atoms with Gasteiger partial charge < -0.3 is 10.6 Å². The number of nitrogens with zero attached hydrogens (tertiary/aromatic N) is 3. The lowest BCUT2D eigenvalue weighted by Crippen LogP contribution is -2.29. The van der Waals surface area contributed by atoms with Crippen molar-refractivity contribution in [1.82, 2.24) is 4.98 Å². The largest absolute Gasteiger partial charge is 0.370 e. The summed E-state index contributed by atoms with van der Waals surface area (Å²) in [6, 6.07) is 5.98. The quantitative estimate of drug-likeness (QED) is 0.804. The van der Waals surface area contributed by atoms with Crippen molar-refractivity contribution in [3.05, 3.63) is 24.0 Å². The number of nitriles is 1. The number of rotatable bonds is 2. The van der Waals surface area contributed by atoms with Gasteiger partial charge in [0.05, 0.1) is 11.9 Å². The molecule has 2 atom stereocenters. The van der Waals surface area contributed by atoms with Crippen LogP contribution < -0.4 is 10.6 Å². The molecule has 4 nitrogen and oxygen atoms in total. The molecule has 0 aliphatic carbocycles. The zero-order valence-corrected chi connectivity index (χ0v) is 9.43. The van der Waals surface area contributed by atoms with Crippen LogP contribution in [0.5, 0.6) is 0 Å². The Morgan fingerprint density at radius 1 is 1.62 bits per heavy atom. The second-order valence-corrected chi connectivity index (χ2v) is 4.37. The van der Waals surface area contributed by atoms with Crippen LogP contribution in [0, 0.1) is 17.2 Å². The fourth-order valence-corrected chi connectivity index (χ4v) is 2.09. The summed E-state index contributed by atoms with van der Waals surface area (Å²) in [5.74, 6) is 0.565. The fourth-order valence-electron chi connectivity index (χ4n) is 2.09. The van der Waals surface area contributed by atoms with Crippen LogP contribution in [-0.2, 0) is 0 Å². The molecule has 2 unspecified atom stereocenters. The van der Waals surface area contributed by atoms with Gasteiger partial charge in [-0.25, -0.2) is 4.98 Å². The minimum absolute atomic E-state index is 0.247. The molecular formula is C12H16N4. The van der Waals surface area contributed by atoms with Gasteiger partial charge in [0.25, 0.3) is 0 Å². The van der Waals surface area contributed by atoms with Crippen molar-refractivity contribution < 1.29 is 0 Å². The van der Waals surface area contributed by atoms with Gasteiger partial charge in [0.2, 0.25) is 0 Å². The van der Waals surface area contributed by atoms with Gasteiger partial charge in [-0.1, -0.05) is 0 Å². The van der Waals surface area contributed by atoms with Gasteiger partial charge in [0.15, 0.2) is 0 Å². The van der Waals surface area contributed by atoms with Crippen molar-refractivity contribution in [2.75, 3.05) is 18.0 Å². The number of hydrogen-bond acceptors (Lipinski definition) is 4. The van der Waals surface area contributed by atoms with Gasteiger partial charge in [-0.2, -0.15) is 5.26 Å². The van der Waals surface area contributed by atoms with Crippen molar-refractivity contribution in [2.45, 2.75) is 19.4 Å². The third kappa shape index (κ3) is 2.15. The van der Waals surface area contributed by atoms with E-state index in [1.165, 1.54) is 0 Å². The Morgan fingerprint density at radius 3 is 2.94 bits per heavy atom. The van der Waals surface area contributed by atoms with E-state index in [0.29, 0.717) is 11.6 Å². The van der Waals surface area contributed by atoms with Gasteiger partial charge in [-0.05, 0) is 31.4 Å². The molecule has 0 amide bonds. The molecule has 1 fully saturated rings. The van der Waals surface area contributed by atoms with Crippen LogP contribution >= 0.6 is 0 Å². The van der Waals surface area contributed by atoms with E-state index in [2.05, 4.69) is 16.8 Å². The Bertz CT molecular complexity index is 390. The molecule has 1 aromatic rings. The summed E-state index contributed by atoms with van der Waals surface area (Å²) in [4.78, 5) is 6.36. The lowest BCUT2D eigenvalue weighted by Gasteiger charge is -2.19. The second-order valence-electron chi connectivity index (χ2n) is 4.37. The highest BCUT2D eigenvalue weighted by Crippen LogP contribution is 2.24. The molecule has 0 aromatic carbocycles. The standard InChI is InChI=1S/C12H16N4/c1-9(14)10-4-5-16(8-10)12-3-2-11(6-13)15-7-12/h2-3,7,9-10H,4-5,8,14H2,1H3. The third-order valence-electron chi connectivity index (χ3n) is 3.20. The normalized spacial score (nSPS) is 21.8. The Labute approximate surface area is 95.7 Å². The van der Waals surface area contributed by atoms with Gasteiger partial charge in [-0.15, -0.1) is 0 Å². The summed E-state index contributed by atoms with van der Waals surface area (Å²) in [5.41, 5.74) is 7.45. The maximum absolute atomic E-state index is 8.67. The van der Waals surface area contributed by atoms with E-state index in [0.717, 1.165) is 25.2 Å². The first-order valence-electron chi connectivity index (χ1n) is 5.57. The van der Waals surface area contributed by atoms with E-state index in [4.69, 9.17) is 11.0 Å². The zero-order chi connectivity index (χ0) is 11.5. The summed E-state index contributed by atoms with van der Waals surface area (Å²) in [7, 11) is 0. The van der Waals surface area contributed by atoms with Crippen LogP contribution in [0.3, 0.4) is 0 Å². The summed E-state index contributed by atoms with van der Waals surface area (Å²) in [6.07, 6.45) is 2.90. The molecule has 2 heterocycles. The third-order valence-corrected chi connectivity index (χ3v) is 3.20. The monoisotopic (exact) mass is 216 g/mol. The molecule has 2 rings (SSSR count). The summed E-state index contributed by atoms with van der Waals surface area (Å²) in [5, 5.41) is 8.67. The number of hydrogen-bond donors (Lipinski definition) is 1. The molecule has 0 bridgehead atoms. The number of aromatic nitrogens is 1. The molecule has 16 heavy (non-hydrogen) atoms. The number of nitrogens with two attached hydrogens (primary N) is 1. The summed E-state index contributed by atoms with van der Waals surface area (Å²) < 4.78 is 0. The fraction of sp³-hybridized carbons (Fsp3) is 0.500. The van der Waals surface area contributed by atoms with Crippen LogP contribution in [0.25, 0.3) is 0 Å². The average molecular weight is 216 g/mol. The zero-order valence-electron chi connectivity index (χ0n) is 9.43. The van der Waals surface area contributed by atoms with E-state index >= 15 is 0 Å². The van der Waals surface area contributed by atoms with Crippen LogP contribution in [0.1, 0.15) is 19.0 Å². The second kappa shape index (κ2) is 4.50. The van der Waals surface area contributed by atoms with Crippen LogP contribution in [-0.4, -0.2) is 24.1 Å². The molecule has 1 aliphatic heterocycles. The first-order chi connectivity index (χ1) is 7.70. The van der Waals surface area contributed by atoms with Gasteiger partial charge in [0.1, 0.15) is 11.8 Å². The van der Waals surface area contributed by atoms with Crippen molar-refractivity contribution in [3.8, 4) is 6.07 Å². The molecule has 0 saturated carbocycles. The van der Waals surface area contributed by atoms with Crippen LogP contribution in [0.4, 0.5) is 5.69 Å². The smallest absolute Gasteiger partial charge is 0.140 e. The molecule has 1 aliphatic rings. The average Bonchev–Trinajstić information content (AvgIpc) is 2.78. The first-order valence-corrected chi connectivity index (χ1v) is 5.57. The molecule has 2 N–H and O–H groups in total. The summed E-state index contributed by atoms with van der Waals surface area (Å²) in [6.45, 7) is 4.08. The highest BCUT2D eigenvalue weighted by Gasteiger charge is 2.25. The highest BCUT2D eigenvalue weighted by atomic mass is 15.2. The predicted octanol–water partition coefficient (Wildman–Crippen LogP) is 1.13.